The fourth-order valence-corrected chi connectivity index (χ4v) is 10.4. The number of benzene rings is 6. The number of hydrogen-bond acceptors (Lipinski definition) is 6. The van der Waals surface area contributed by atoms with Gasteiger partial charge in [-0.25, -0.2) is 0 Å². The summed E-state index contributed by atoms with van der Waals surface area (Å²) in [6.07, 6.45) is 6.92. The minimum atomic E-state index is -10.7. The van der Waals surface area contributed by atoms with E-state index in [-0.39, 0.29) is 42.1 Å². The summed E-state index contributed by atoms with van der Waals surface area (Å²) in [5.74, 6) is 1.83. The maximum Gasteiger partial charge on any atom is 2.00 e. The number of ether oxygens (including phenoxy) is 4. The van der Waals surface area contributed by atoms with Crippen molar-refractivity contribution >= 4 is 64.5 Å². The monoisotopic (exact) mass is 1570 g/mol. The van der Waals surface area contributed by atoms with Gasteiger partial charge in [-0.05, 0) is 62.7 Å². The second kappa shape index (κ2) is 39.4. The van der Waals surface area contributed by atoms with Gasteiger partial charge in [-0.15, -0.1) is 0 Å². The zero-order valence-electron chi connectivity index (χ0n) is 42.5. The van der Waals surface area contributed by atoms with Gasteiger partial charge in [0.1, 0.15) is 13.2 Å². The van der Waals surface area contributed by atoms with E-state index in [2.05, 4.69) is 157 Å². The summed E-state index contributed by atoms with van der Waals surface area (Å²) in [5, 5.41) is 5.51. The molecule has 0 spiro atoms. The SMILES string of the molecule is C1CCOC1.C1CCOC1.F[P-](F)(F)(F)(F)F.F[P-](F)(F)(F)(F)F.[C-]#[O+].[C-]#[O+].[Pt+2].[Pt+2].[c-]1ccccc1.[c-]1ccccc1.c1ccc(P(CC2=NCCO2)c2ccccc2)cc1.c1ccc(P(CC2=NCCO2)c2ccccc2)cc1. The predicted octanol–water partition coefficient (Wildman–Crippen LogP) is 16.3. The fraction of sp³-hybridized carbons (Fsp3) is 0.259. The van der Waals surface area contributed by atoms with Crippen LogP contribution in [0, 0.1) is 25.4 Å². The van der Waals surface area contributed by atoms with Crippen LogP contribution in [-0.2, 0) is 70.4 Å². The van der Waals surface area contributed by atoms with Crippen molar-refractivity contribution in [3.05, 3.63) is 207 Å². The van der Waals surface area contributed by atoms with Crippen molar-refractivity contribution in [1.82, 2.24) is 0 Å². The Kier molecular flexibility index (Phi) is 38.4. The minimum Gasteiger partial charge on any atom is -0.479 e. The van der Waals surface area contributed by atoms with Crippen molar-refractivity contribution in [1.29, 1.82) is 0 Å². The molecule has 0 bridgehead atoms. The standard InChI is InChI=1S/2C16H16NOP.2C6H5.2C4H8O.2CO.2F6P.2Pt/c2*1-3-7-14(8-4-1)19(13-16-17-11-12-18-16)15-9-5-2-6-10-15;2*1-2-4-6-5-3-1;2*1-2-4-5-3-1;2*1-2;2*1-7(2,3,4,5)6;;/h2*1-10H,11-13H2;2*1-5H;2*1-4H2;;;;;;/q;;2*-1;;;;;2*-1;2*+2. The maximum absolute atomic E-state index is 10.7. The third-order valence-corrected chi connectivity index (χ3v) is 13.9. The van der Waals surface area contributed by atoms with Gasteiger partial charge >= 0.3 is 131 Å². The fourth-order valence-electron chi connectivity index (χ4n) is 6.02. The Bertz CT molecular complexity index is 2220. The Labute approximate surface area is 490 Å². The molecule has 2 fully saturated rings. The molecule has 0 unspecified atom stereocenters. The van der Waals surface area contributed by atoms with E-state index in [0.29, 0.717) is 0 Å². The molecule has 4 aliphatic rings. The molecule has 8 nitrogen and oxygen atoms in total. The third-order valence-electron chi connectivity index (χ3n) is 9.02. The Hall–Kier alpha value is -4.08. The minimum absolute atomic E-state index is 0. The van der Waals surface area contributed by atoms with Crippen LogP contribution in [-0.4, -0.2) is 76.9 Å². The Morgan fingerprint density at radius 1 is 0.375 bits per heavy atom. The molecule has 4 heterocycles. The van der Waals surface area contributed by atoms with E-state index < -0.39 is 31.5 Å². The molecule has 6 aromatic carbocycles. The van der Waals surface area contributed by atoms with Crippen LogP contribution < -0.4 is 21.2 Å². The van der Waals surface area contributed by atoms with Gasteiger partial charge in [0.2, 0.25) is 0 Å². The van der Waals surface area contributed by atoms with Crippen LogP contribution in [0.4, 0.5) is 50.4 Å². The number of halogens is 12. The van der Waals surface area contributed by atoms with E-state index in [1.54, 1.807) is 0 Å². The zero-order valence-corrected chi connectivity index (χ0v) is 50.6. The van der Waals surface area contributed by atoms with Crippen molar-refractivity contribution in [3.63, 3.8) is 0 Å². The van der Waals surface area contributed by atoms with Gasteiger partial charge in [-0.1, -0.05) is 121 Å². The van der Waals surface area contributed by atoms with Gasteiger partial charge in [0, 0.05) is 26.4 Å². The first kappa shape index (κ1) is 78.0. The first-order valence-corrected chi connectivity index (χ1v) is 30.5. The second-order valence-electron chi connectivity index (χ2n) is 15.5. The smallest absolute Gasteiger partial charge is 0.479 e. The molecular weight excluding hydrogens is 1510 g/mol. The van der Waals surface area contributed by atoms with E-state index in [1.165, 1.54) is 46.9 Å². The van der Waals surface area contributed by atoms with Crippen LogP contribution in [0.15, 0.2) is 192 Å². The summed E-state index contributed by atoms with van der Waals surface area (Å²) in [7, 11) is -22.2. The molecule has 80 heavy (non-hydrogen) atoms. The molecule has 10 rings (SSSR count). The first-order chi connectivity index (χ1) is 36.8. The Morgan fingerprint density at radius 2 is 0.588 bits per heavy atom. The van der Waals surface area contributed by atoms with Crippen molar-refractivity contribution in [2.24, 2.45) is 9.98 Å². The van der Waals surface area contributed by atoms with Crippen molar-refractivity contribution in [2.75, 3.05) is 65.1 Å². The first-order valence-electron chi connectivity index (χ1n) is 23.4. The molecule has 444 valence electrons. The van der Waals surface area contributed by atoms with E-state index in [9.17, 15) is 50.4 Å². The van der Waals surface area contributed by atoms with E-state index in [1.807, 2.05) is 60.7 Å². The molecule has 0 N–H and O–H groups in total. The van der Waals surface area contributed by atoms with Crippen molar-refractivity contribution < 1.29 is 121 Å². The number of hydrogen-bond donors (Lipinski definition) is 0. The molecule has 26 heteroatoms. The molecule has 2 saturated heterocycles. The van der Waals surface area contributed by atoms with Crippen LogP contribution in [0.25, 0.3) is 0 Å². The van der Waals surface area contributed by atoms with Gasteiger partial charge in [-0.2, -0.15) is 72.8 Å². The average molecular weight is 1570 g/mol. The molecule has 0 saturated carbocycles. The molecule has 6 aromatic rings. The largest absolute Gasteiger partial charge is 2.00 e. The third kappa shape index (κ3) is 50.8. The summed E-state index contributed by atoms with van der Waals surface area (Å²) in [4.78, 5) is 8.87. The van der Waals surface area contributed by atoms with Crippen molar-refractivity contribution in [3.8, 4) is 0 Å². The molecule has 0 aliphatic carbocycles. The van der Waals surface area contributed by atoms with Crippen LogP contribution >= 0.6 is 31.5 Å². The second-order valence-corrected chi connectivity index (χ2v) is 23.7. The molecule has 4 aliphatic heterocycles. The van der Waals surface area contributed by atoms with E-state index in [0.717, 1.165) is 76.9 Å². The molecule has 0 atom stereocenters. The van der Waals surface area contributed by atoms with Gasteiger partial charge < -0.3 is 18.9 Å². The normalized spacial score (nSPS) is 15.1. The quantitative estimate of drug-likeness (QED) is 0.0656. The van der Waals surface area contributed by atoms with Crippen LogP contribution in [0.2, 0.25) is 0 Å². The number of aliphatic imine (C=N–C) groups is 2. The summed E-state index contributed by atoms with van der Waals surface area (Å²) in [5.41, 5.74) is 0. The number of nitrogens with zero attached hydrogens (tertiary/aromatic N) is 2. The van der Waals surface area contributed by atoms with Gasteiger partial charge in [0.25, 0.3) is 0 Å². The molecule has 0 aromatic heterocycles. The van der Waals surface area contributed by atoms with Crippen LogP contribution in [0.1, 0.15) is 25.7 Å². The summed E-state index contributed by atoms with van der Waals surface area (Å²) in [6.45, 7) is 16.1. The topological polar surface area (TPSA) is 101 Å². The predicted molar refractivity (Wildman–Crippen MR) is 290 cm³/mol. The summed E-state index contributed by atoms with van der Waals surface area (Å²) >= 11 is 0. The Balaban J connectivity index is 0. The van der Waals surface area contributed by atoms with E-state index >= 15 is 0 Å². The summed E-state index contributed by atoms with van der Waals surface area (Å²) < 4.78 is 154. The van der Waals surface area contributed by atoms with Gasteiger partial charge in [0.05, 0.1) is 25.4 Å². The van der Waals surface area contributed by atoms with E-state index in [4.69, 9.17) is 28.3 Å². The van der Waals surface area contributed by atoms with Crippen molar-refractivity contribution in [2.45, 2.75) is 25.7 Å². The maximum atomic E-state index is 9.87. The molecule has 0 radical (unpaired) electrons. The van der Waals surface area contributed by atoms with Crippen LogP contribution in [0.3, 0.4) is 0 Å². The van der Waals surface area contributed by atoms with Gasteiger partial charge in [-0.3, -0.25) is 9.98 Å². The molecular formula is C54H58F12N2O6P4Pt2. The molecule has 0 amide bonds. The number of rotatable bonds is 8. The zero-order chi connectivity index (χ0) is 58.2. The van der Waals surface area contributed by atoms with Crippen LogP contribution in [0.5, 0.6) is 0 Å². The average Bonchev–Trinajstić information content (AvgIpc) is 4.31. The summed E-state index contributed by atoms with van der Waals surface area (Å²) in [6, 6.07) is 67.7. The Morgan fingerprint density at radius 3 is 0.725 bits per heavy atom. The van der Waals surface area contributed by atoms with Gasteiger partial charge in [0.15, 0.2) is 11.8 Å².